The fourth-order valence-corrected chi connectivity index (χ4v) is 1.91. The second-order valence-electron chi connectivity index (χ2n) is 4.68. The van der Waals surface area contributed by atoms with Gasteiger partial charge in [-0.15, -0.1) is 0 Å². The van der Waals surface area contributed by atoms with Gasteiger partial charge in [-0.3, -0.25) is 4.79 Å². The maximum Gasteiger partial charge on any atom is 0.187 e. The molecule has 4 heteroatoms. The molecule has 0 spiro atoms. The van der Waals surface area contributed by atoms with Crippen LogP contribution in [0, 0.1) is 5.82 Å². The van der Waals surface area contributed by atoms with Crippen molar-refractivity contribution in [3.63, 3.8) is 0 Å². The van der Waals surface area contributed by atoms with Crippen LogP contribution in [-0.4, -0.2) is 5.78 Å². The highest BCUT2D eigenvalue weighted by Crippen LogP contribution is 2.11. The highest BCUT2D eigenvalue weighted by atomic mass is 35.5. The molecule has 0 amide bonds. The van der Waals surface area contributed by atoms with Crippen molar-refractivity contribution in [3.05, 3.63) is 82.3 Å². The first-order valence-corrected chi connectivity index (χ1v) is 6.89. The third-order valence-corrected chi connectivity index (χ3v) is 3.21. The van der Waals surface area contributed by atoms with E-state index in [4.69, 9.17) is 11.6 Å². The molecule has 0 aliphatic rings. The Morgan fingerprint density at radius 1 is 1.14 bits per heavy atom. The van der Waals surface area contributed by atoms with Crippen LogP contribution in [-0.2, 0) is 6.54 Å². The Balaban J connectivity index is 1.95. The standard InChI is InChI=1S/C17H15ClFNO/c1-12(20-11-13-2-8-16(19)9-3-13)10-17(21)14-4-6-15(18)7-5-14/h2-10,20H,11H2,1H3/b12-10+. The van der Waals surface area contributed by atoms with Gasteiger partial charge in [0.15, 0.2) is 5.78 Å². The summed E-state index contributed by atoms with van der Waals surface area (Å²) in [5.41, 5.74) is 2.28. The van der Waals surface area contributed by atoms with Crippen LogP contribution in [0.25, 0.3) is 0 Å². The molecule has 0 saturated carbocycles. The average Bonchev–Trinajstić information content (AvgIpc) is 2.47. The molecule has 0 fully saturated rings. The van der Waals surface area contributed by atoms with E-state index in [9.17, 15) is 9.18 Å². The molecule has 2 aromatic carbocycles. The Bertz CT molecular complexity index is 647. The first-order chi connectivity index (χ1) is 10.0. The summed E-state index contributed by atoms with van der Waals surface area (Å²) in [5.74, 6) is -0.347. The molecular weight excluding hydrogens is 289 g/mol. The monoisotopic (exact) mass is 303 g/mol. The van der Waals surface area contributed by atoms with Gasteiger partial charge < -0.3 is 5.32 Å². The summed E-state index contributed by atoms with van der Waals surface area (Å²) in [5, 5.41) is 3.72. The summed E-state index contributed by atoms with van der Waals surface area (Å²) < 4.78 is 12.8. The van der Waals surface area contributed by atoms with E-state index in [0.29, 0.717) is 17.1 Å². The van der Waals surface area contributed by atoms with E-state index in [-0.39, 0.29) is 11.6 Å². The van der Waals surface area contributed by atoms with Crippen molar-refractivity contribution in [1.29, 1.82) is 0 Å². The molecule has 0 unspecified atom stereocenters. The van der Waals surface area contributed by atoms with Crippen molar-refractivity contribution in [2.24, 2.45) is 0 Å². The first-order valence-electron chi connectivity index (χ1n) is 6.51. The summed E-state index contributed by atoms with van der Waals surface area (Å²) in [6.07, 6.45) is 1.53. The van der Waals surface area contributed by atoms with E-state index in [1.807, 2.05) is 6.92 Å². The van der Waals surface area contributed by atoms with E-state index < -0.39 is 0 Å². The molecule has 21 heavy (non-hydrogen) atoms. The van der Waals surface area contributed by atoms with Gasteiger partial charge in [0.1, 0.15) is 5.82 Å². The maximum absolute atomic E-state index is 12.8. The lowest BCUT2D eigenvalue weighted by molar-refractivity contribution is 0.104. The summed E-state index contributed by atoms with van der Waals surface area (Å²) in [4.78, 5) is 12.0. The van der Waals surface area contributed by atoms with Crippen LogP contribution < -0.4 is 5.32 Å². The van der Waals surface area contributed by atoms with Crippen molar-refractivity contribution in [1.82, 2.24) is 5.32 Å². The molecule has 0 heterocycles. The van der Waals surface area contributed by atoms with Gasteiger partial charge >= 0.3 is 0 Å². The van der Waals surface area contributed by atoms with E-state index in [1.165, 1.54) is 18.2 Å². The van der Waals surface area contributed by atoms with Crippen LogP contribution in [0.1, 0.15) is 22.8 Å². The Hall–Kier alpha value is -2.13. The van der Waals surface area contributed by atoms with Gasteiger partial charge in [-0.2, -0.15) is 0 Å². The van der Waals surface area contributed by atoms with Crippen LogP contribution >= 0.6 is 11.6 Å². The molecule has 0 aliphatic carbocycles. The predicted molar refractivity (Wildman–Crippen MR) is 82.8 cm³/mol. The molecule has 108 valence electrons. The Labute approximate surface area is 128 Å². The van der Waals surface area contributed by atoms with Gasteiger partial charge in [0, 0.05) is 28.9 Å². The highest BCUT2D eigenvalue weighted by molar-refractivity contribution is 6.30. The van der Waals surface area contributed by atoms with Crippen molar-refractivity contribution < 1.29 is 9.18 Å². The topological polar surface area (TPSA) is 29.1 Å². The molecule has 0 atom stereocenters. The fraction of sp³-hybridized carbons (Fsp3) is 0.118. The largest absolute Gasteiger partial charge is 0.384 e. The summed E-state index contributed by atoms with van der Waals surface area (Å²) in [7, 11) is 0. The molecular formula is C17H15ClFNO. The van der Waals surface area contributed by atoms with Gasteiger partial charge in [-0.1, -0.05) is 23.7 Å². The zero-order valence-corrected chi connectivity index (χ0v) is 12.3. The molecule has 0 aromatic heterocycles. The lowest BCUT2D eigenvalue weighted by atomic mass is 10.1. The van der Waals surface area contributed by atoms with Crippen LogP contribution in [0.4, 0.5) is 4.39 Å². The SMILES string of the molecule is C/C(=C\C(=O)c1ccc(Cl)cc1)NCc1ccc(F)cc1. The minimum atomic E-state index is -0.260. The fourth-order valence-electron chi connectivity index (χ4n) is 1.79. The summed E-state index contributed by atoms with van der Waals surface area (Å²) >= 11 is 5.79. The number of hydrogen-bond acceptors (Lipinski definition) is 2. The first kappa shape index (κ1) is 15.3. The number of halogens is 2. The van der Waals surface area contributed by atoms with Gasteiger partial charge in [0.25, 0.3) is 0 Å². The van der Waals surface area contributed by atoms with Gasteiger partial charge in [0.2, 0.25) is 0 Å². The van der Waals surface area contributed by atoms with Crippen molar-refractivity contribution in [2.45, 2.75) is 13.5 Å². The third-order valence-electron chi connectivity index (χ3n) is 2.96. The van der Waals surface area contributed by atoms with E-state index in [1.54, 1.807) is 36.4 Å². The molecule has 1 N–H and O–H groups in total. The zero-order valence-electron chi connectivity index (χ0n) is 11.6. The Morgan fingerprint density at radius 3 is 2.38 bits per heavy atom. The number of rotatable bonds is 5. The van der Waals surface area contributed by atoms with E-state index >= 15 is 0 Å². The quantitative estimate of drug-likeness (QED) is 0.657. The number of hydrogen-bond donors (Lipinski definition) is 1. The normalized spacial score (nSPS) is 11.3. The van der Waals surface area contributed by atoms with Crippen LogP contribution in [0.3, 0.4) is 0 Å². The zero-order chi connectivity index (χ0) is 15.2. The van der Waals surface area contributed by atoms with E-state index in [2.05, 4.69) is 5.32 Å². The molecule has 2 rings (SSSR count). The van der Waals surface area contributed by atoms with Crippen LogP contribution in [0.2, 0.25) is 5.02 Å². The Kier molecular flexibility index (Phi) is 5.12. The third kappa shape index (κ3) is 4.72. The van der Waals surface area contributed by atoms with Gasteiger partial charge in [0.05, 0.1) is 0 Å². The smallest absolute Gasteiger partial charge is 0.187 e. The second kappa shape index (κ2) is 7.04. The van der Waals surface area contributed by atoms with Gasteiger partial charge in [-0.25, -0.2) is 4.39 Å². The highest BCUT2D eigenvalue weighted by Gasteiger charge is 2.03. The number of ketones is 1. The molecule has 2 nitrogen and oxygen atoms in total. The second-order valence-corrected chi connectivity index (χ2v) is 5.11. The van der Waals surface area contributed by atoms with Crippen molar-refractivity contribution in [2.75, 3.05) is 0 Å². The molecule has 0 aliphatic heterocycles. The van der Waals surface area contributed by atoms with Crippen molar-refractivity contribution in [3.8, 4) is 0 Å². The average molecular weight is 304 g/mol. The number of carbonyl (C=O) groups is 1. The Morgan fingerprint density at radius 2 is 1.76 bits per heavy atom. The molecule has 2 aromatic rings. The number of nitrogens with one attached hydrogen (secondary N) is 1. The lowest BCUT2D eigenvalue weighted by Gasteiger charge is -2.06. The van der Waals surface area contributed by atoms with E-state index in [0.717, 1.165) is 11.3 Å². The minimum absolute atomic E-state index is 0.0872. The molecule has 0 saturated heterocycles. The number of carbonyl (C=O) groups excluding carboxylic acids is 1. The van der Waals surface area contributed by atoms with Crippen molar-refractivity contribution >= 4 is 17.4 Å². The lowest BCUT2D eigenvalue weighted by Crippen LogP contribution is -2.12. The molecule has 0 bridgehead atoms. The number of allylic oxidation sites excluding steroid dienone is 2. The van der Waals surface area contributed by atoms with Crippen LogP contribution in [0.5, 0.6) is 0 Å². The summed E-state index contributed by atoms with van der Waals surface area (Å²) in [6.45, 7) is 2.36. The minimum Gasteiger partial charge on any atom is -0.384 e. The van der Waals surface area contributed by atoms with Crippen LogP contribution in [0.15, 0.2) is 60.3 Å². The molecule has 0 radical (unpaired) electrons. The number of benzene rings is 2. The summed E-state index contributed by atoms with van der Waals surface area (Å²) in [6, 6.07) is 13.0. The van der Waals surface area contributed by atoms with Gasteiger partial charge in [-0.05, 0) is 48.9 Å². The predicted octanol–water partition coefficient (Wildman–Crippen LogP) is 4.36. The maximum atomic E-state index is 12.8.